The zero-order chi connectivity index (χ0) is 26.5. The van der Waals surface area contributed by atoms with E-state index in [0.29, 0.717) is 17.4 Å². The van der Waals surface area contributed by atoms with Crippen molar-refractivity contribution in [2.45, 2.75) is 43.5 Å². The maximum atomic E-state index is 13.0. The van der Waals surface area contributed by atoms with Crippen molar-refractivity contribution < 1.29 is 37.0 Å². The molecule has 1 heterocycles. The Labute approximate surface area is 222 Å². The molecule has 0 aromatic heterocycles. The number of carbonyl (C=O) groups excluding carboxylic acids is 2. The fraction of sp³-hybridized carbons (Fsp3) is 0.462. The fourth-order valence-corrected chi connectivity index (χ4v) is 6.59. The van der Waals surface area contributed by atoms with Gasteiger partial charge in [-0.2, -0.15) is 13.2 Å². The Balaban J connectivity index is 1.31. The minimum absolute atomic E-state index is 0.0257. The summed E-state index contributed by atoms with van der Waals surface area (Å²) in [6.45, 7) is 0.407. The molecule has 2 aromatic rings. The number of unbranched alkanes of at least 4 members (excludes halogenated alkanes) is 1. The van der Waals surface area contributed by atoms with Gasteiger partial charge < -0.3 is 19.5 Å². The van der Waals surface area contributed by atoms with E-state index in [2.05, 4.69) is 5.32 Å². The van der Waals surface area contributed by atoms with Gasteiger partial charge in [0.1, 0.15) is 13.2 Å². The van der Waals surface area contributed by atoms with E-state index in [0.717, 1.165) is 31.4 Å². The standard InChI is InChI=1S/C26H30F3NO5S2/c27-26(28,29)19-6-5-7-20(18-19)30-23-10-3-2-9-22(23)25(32)35-16-14-33-13-15-34-24(31)11-4-1-8-21-12-17-36-37-21/h2-3,5-7,9-10,18,21,30H,1,4,8,11-17H2. The Kier molecular flexibility index (Phi) is 11.9. The molecule has 1 fully saturated rings. The van der Waals surface area contributed by atoms with Crippen LogP contribution in [0.2, 0.25) is 0 Å². The fourth-order valence-electron chi connectivity index (χ4n) is 3.56. The van der Waals surface area contributed by atoms with Crippen LogP contribution in [0.4, 0.5) is 24.5 Å². The number of benzene rings is 2. The van der Waals surface area contributed by atoms with Gasteiger partial charge in [0.05, 0.1) is 30.0 Å². The van der Waals surface area contributed by atoms with Gasteiger partial charge >= 0.3 is 18.1 Å². The number of esters is 2. The van der Waals surface area contributed by atoms with Crippen molar-refractivity contribution in [3.63, 3.8) is 0 Å². The van der Waals surface area contributed by atoms with E-state index in [1.165, 1.54) is 30.4 Å². The highest BCUT2D eigenvalue weighted by molar-refractivity contribution is 8.77. The first-order valence-corrected chi connectivity index (χ1v) is 14.4. The summed E-state index contributed by atoms with van der Waals surface area (Å²) in [5, 5.41) is 3.56. The summed E-state index contributed by atoms with van der Waals surface area (Å²) in [5.74, 6) is 0.331. The topological polar surface area (TPSA) is 73.9 Å². The van der Waals surface area contributed by atoms with Crippen molar-refractivity contribution in [3.8, 4) is 0 Å². The van der Waals surface area contributed by atoms with Crippen LogP contribution in [0, 0.1) is 0 Å². The number of rotatable bonds is 14. The molecule has 3 rings (SSSR count). The summed E-state index contributed by atoms with van der Waals surface area (Å²) in [6, 6.07) is 11.1. The molecule has 11 heteroatoms. The molecule has 1 unspecified atom stereocenters. The van der Waals surface area contributed by atoms with E-state index in [-0.39, 0.29) is 43.6 Å². The first kappa shape index (κ1) is 29.2. The number of carbonyl (C=O) groups is 2. The van der Waals surface area contributed by atoms with E-state index >= 15 is 0 Å². The Morgan fingerprint density at radius 3 is 2.51 bits per heavy atom. The Morgan fingerprint density at radius 1 is 0.973 bits per heavy atom. The second-order valence-electron chi connectivity index (χ2n) is 8.29. The lowest BCUT2D eigenvalue weighted by Gasteiger charge is -2.13. The third-order valence-electron chi connectivity index (χ3n) is 5.45. The van der Waals surface area contributed by atoms with Gasteiger partial charge in [0, 0.05) is 23.1 Å². The molecule has 1 atom stereocenters. The number of para-hydroxylation sites is 1. The number of alkyl halides is 3. The average Bonchev–Trinajstić information content (AvgIpc) is 3.39. The highest BCUT2D eigenvalue weighted by Crippen LogP contribution is 2.40. The van der Waals surface area contributed by atoms with Crippen LogP contribution >= 0.6 is 21.6 Å². The van der Waals surface area contributed by atoms with E-state index in [9.17, 15) is 22.8 Å². The zero-order valence-electron chi connectivity index (χ0n) is 20.3. The average molecular weight is 558 g/mol. The molecule has 0 radical (unpaired) electrons. The molecule has 0 spiro atoms. The SMILES string of the molecule is O=C(CCCCC1CCSS1)OCCOCCOC(=O)c1ccccc1Nc1cccc(C(F)(F)F)c1. The third-order valence-corrected chi connectivity index (χ3v) is 8.46. The Morgan fingerprint density at radius 2 is 1.76 bits per heavy atom. The number of nitrogens with one attached hydrogen (secondary N) is 1. The number of halogens is 3. The lowest BCUT2D eigenvalue weighted by Crippen LogP contribution is -2.15. The van der Waals surface area contributed by atoms with Crippen molar-refractivity contribution >= 4 is 44.9 Å². The first-order valence-electron chi connectivity index (χ1n) is 12.0. The van der Waals surface area contributed by atoms with Crippen molar-refractivity contribution in [1.29, 1.82) is 0 Å². The molecule has 0 amide bonds. The van der Waals surface area contributed by atoms with E-state index in [1.807, 2.05) is 21.6 Å². The van der Waals surface area contributed by atoms with Gasteiger partial charge in [-0.05, 0) is 49.6 Å². The number of hydrogen-bond donors (Lipinski definition) is 1. The smallest absolute Gasteiger partial charge is 0.416 e. The monoisotopic (exact) mass is 557 g/mol. The maximum absolute atomic E-state index is 13.0. The summed E-state index contributed by atoms with van der Waals surface area (Å²) in [4.78, 5) is 24.3. The van der Waals surface area contributed by atoms with Crippen molar-refractivity contribution in [2.24, 2.45) is 0 Å². The van der Waals surface area contributed by atoms with Crippen LogP contribution in [0.3, 0.4) is 0 Å². The van der Waals surface area contributed by atoms with Crippen molar-refractivity contribution in [2.75, 3.05) is 37.5 Å². The lowest BCUT2D eigenvalue weighted by atomic mass is 10.1. The normalized spacial score (nSPS) is 15.4. The quantitative estimate of drug-likeness (QED) is 0.153. The van der Waals surface area contributed by atoms with Gasteiger partial charge in [-0.15, -0.1) is 0 Å². The third kappa shape index (κ3) is 10.5. The molecule has 1 N–H and O–H groups in total. The minimum Gasteiger partial charge on any atom is -0.463 e. The molecule has 1 saturated heterocycles. The van der Waals surface area contributed by atoms with Crippen LogP contribution in [0.25, 0.3) is 0 Å². The molecule has 6 nitrogen and oxygen atoms in total. The largest absolute Gasteiger partial charge is 0.463 e. The van der Waals surface area contributed by atoms with E-state index < -0.39 is 17.7 Å². The second kappa shape index (κ2) is 15.1. The molecule has 37 heavy (non-hydrogen) atoms. The van der Waals surface area contributed by atoms with Gasteiger partial charge in [0.25, 0.3) is 0 Å². The van der Waals surface area contributed by atoms with Crippen LogP contribution in [0.5, 0.6) is 0 Å². The zero-order valence-corrected chi connectivity index (χ0v) is 21.9. The van der Waals surface area contributed by atoms with Crippen LogP contribution < -0.4 is 5.32 Å². The molecule has 0 saturated carbocycles. The van der Waals surface area contributed by atoms with Crippen LogP contribution in [-0.2, 0) is 25.2 Å². The van der Waals surface area contributed by atoms with Crippen LogP contribution in [0.1, 0.15) is 48.0 Å². The molecular formula is C26H30F3NO5S2. The highest BCUT2D eigenvalue weighted by atomic mass is 33.1. The molecule has 1 aliphatic rings. The van der Waals surface area contributed by atoms with E-state index in [1.54, 1.807) is 18.2 Å². The Hall–Kier alpha value is -2.37. The minimum atomic E-state index is -4.47. The van der Waals surface area contributed by atoms with Gasteiger partial charge in [-0.1, -0.05) is 46.2 Å². The van der Waals surface area contributed by atoms with Gasteiger partial charge in [-0.3, -0.25) is 4.79 Å². The first-order chi connectivity index (χ1) is 17.8. The van der Waals surface area contributed by atoms with Gasteiger partial charge in [0.15, 0.2) is 0 Å². The molecule has 1 aliphatic heterocycles. The Bertz CT molecular complexity index is 1020. The van der Waals surface area contributed by atoms with E-state index in [4.69, 9.17) is 14.2 Å². The maximum Gasteiger partial charge on any atom is 0.416 e. The summed E-state index contributed by atoms with van der Waals surface area (Å²) >= 11 is 0. The van der Waals surface area contributed by atoms with Gasteiger partial charge in [0.2, 0.25) is 0 Å². The molecule has 202 valence electrons. The van der Waals surface area contributed by atoms with Crippen molar-refractivity contribution in [1.82, 2.24) is 0 Å². The van der Waals surface area contributed by atoms with Crippen LogP contribution in [0.15, 0.2) is 48.5 Å². The predicted octanol–water partition coefficient (Wildman–Crippen LogP) is 6.88. The summed E-state index contributed by atoms with van der Waals surface area (Å²) in [5.41, 5.74) is -0.0994. The molecular weight excluding hydrogens is 527 g/mol. The molecule has 2 aromatic carbocycles. The summed E-state index contributed by atoms with van der Waals surface area (Å²) < 4.78 is 54.7. The van der Waals surface area contributed by atoms with Crippen molar-refractivity contribution in [3.05, 3.63) is 59.7 Å². The highest BCUT2D eigenvalue weighted by Gasteiger charge is 2.30. The van der Waals surface area contributed by atoms with Gasteiger partial charge in [-0.25, -0.2) is 4.79 Å². The lowest BCUT2D eigenvalue weighted by molar-refractivity contribution is -0.145. The molecule has 0 aliphatic carbocycles. The number of hydrogen-bond acceptors (Lipinski definition) is 8. The molecule has 0 bridgehead atoms. The summed E-state index contributed by atoms with van der Waals surface area (Å²) in [7, 11) is 3.86. The summed E-state index contributed by atoms with van der Waals surface area (Å²) in [6.07, 6.45) is 0.154. The number of ether oxygens (including phenoxy) is 3. The predicted molar refractivity (Wildman–Crippen MR) is 140 cm³/mol. The van der Waals surface area contributed by atoms with Crippen LogP contribution in [-0.4, -0.2) is 49.4 Å². The second-order valence-corrected chi connectivity index (χ2v) is 11.1. The number of anilines is 2.